The number of methoxy groups -OCH3 is 1. The van der Waals surface area contributed by atoms with Crippen LogP contribution in [-0.4, -0.2) is 53.0 Å². The molecule has 7 heteroatoms. The van der Waals surface area contributed by atoms with Crippen LogP contribution in [0.4, 0.5) is 0 Å². The summed E-state index contributed by atoms with van der Waals surface area (Å²) in [6, 6.07) is 21.1. The number of aryl methyl sites for hydroxylation is 2. The van der Waals surface area contributed by atoms with Gasteiger partial charge in [-0.3, -0.25) is 14.6 Å². The number of carbonyl (C=O) groups is 2. The summed E-state index contributed by atoms with van der Waals surface area (Å²) >= 11 is 0. The normalized spacial score (nSPS) is 11.8. The molecule has 0 unspecified atom stereocenters. The van der Waals surface area contributed by atoms with Crippen molar-refractivity contribution >= 4 is 22.7 Å². The molecule has 0 radical (unpaired) electrons. The number of nitrogens with zero attached hydrogens (tertiary/aromatic N) is 3. The maximum Gasteiger partial charge on any atom is 0.267 e. The van der Waals surface area contributed by atoms with E-state index in [1.807, 2.05) is 69.7 Å². The molecule has 7 nitrogen and oxygen atoms in total. The van der Waals surface area contributed by atoms with Gasteiger partial charge in [-0.25, -0.2) is 0 Å². The van der Waals surface area contributed by atoms with Gasteiger partial charge in [0.05, 0.1) is 18.2 Å². The average Bonchev–Trinajstić information content (AvgIpc) is 3.33. The Bertz CT molecular complexity index is 1360. The number of carbonyl (C=O) groups excluding carboxylic acids is 2. The summed E-state index contributed by atoms with van der Waals surface area (Å²) in [5.41, 5.74) is 3.72. The maximum absolute atomic E-state index is 13.8. The van der Waals surface area contributed by atoms with Gasteiger partial charge in [-0.2, -0.15) is 0 Å². The first kappa shape index (κ1) is 25.0. The average molecular weight is 485 g/mol. The van der Waals surface area contributed by atoms with E-state index in [9.17, 15) is 9.59 Å². The van der Waals surface area contributed by atoms with Gasteiger partial charge in [0.25, 0.3) is 11.8 Å². The fourth-order valence-corrected chi connectivity index (χ4v) is 4.40. The van der Waals surface area contributed by atoms with Crippen molar-refractivity contribution in [2.24, 2.45) is 7.05 Å². The highest BCUT2D eigenvalue weighted by atomic mass is 16.5. The molecule has 2 aromatic heterocycles. The largest absolute Gasteiger partial charge is 0.497 e. The Morgan fingerprint density at radius 2 is 1.86 bits per heavy atom. The molecule has 0 aliphatic heterocycles. The minimum Gasteiger partial charge on any atom is -0.497 e. The Labute approximate surface area is 211 Å². The third kappa shape index (κ3) is 5.57. The maximum atomic E-state index is 13.8. The first-order valence-electron chi connectivity index (χ1n) is 12.0. The second kappa shape index (κ2) is 11.1. The van der Waals surface area contributed by atoms with Crippen LogP contribution in [0.1, 0.15) is 38.5 Å². The molecular weight excluding hydrogens is 452 g/mol. The Balaban J connectivity index is 1.59. The quantitative estimate of drug-likeness (QED) is 0.382. The molecule has 0 bridgehead atoms. The van der Waals surface area contributed by atoms with Crippen LogP contribution in [0.5, 0.6) is 5.75 Å². The molecule has 0 fully saturated rings. The summed E-state index contributed by atoms with van der Waals surface area (Å²) in [4.78, 5) is 32.9. The van der Waals surface area contributed by atoms with Crippen molar-refractivity contribution in [3.05, 3.63) is 95.4 Å². The van der Waals surface area contributed by atoms with Crippen LogP contribution >= 0.6 is 0 Å². The van der Waals surface area contributed by atoms with Crippen LogP contribution in [0.25, 0.3) is 10.9 Å². The molecule has 4 aromatic rings. The number of benzene rings is 2. The van der Waals surface area contributed by atoms with Crippen LogP contribution < -0.4 is 10.1 Å². The topological polar surface area (TPSA) is 76.5 Å². The SMILES string of the molecule is COc1cc(C(=O)N(C)[C@H](CCNC(=O)c2cccn2C)Cc2ccccc2)c2nc(C)ccc2c1. The van der Waals surface area contributed by atoms with Crippen LogP contribution in [0.2, 0.25) is 0 Å². The lowest BCUT2D eigenvalue weighted by Crippen LogP contribution is -2.41. The summed E-state index contributed by atoms with van der Waals surface area (Å²) in [5, 5.41) is 3.85. The van der Waals surface area contributed by atoms with Gasteiger partial charge in [-0.05, 0) is 55.7 Å². The second-order valence-electron chi connectivity index (χ2n) is 9.01. The molecule has 2 heterocycles. The number of likely N-dealkylation sites (N-methyl/N-ethyl adjacent to an activating group) is 1. The number of hydrogen-bond donors (Lipinski definition) is 1. The molecule has 2 aromatic carbocycles. The van der Waals surface area contributed by atoms with Gasteiger partial charge in [0.15, 0.2) is 0 Å². The van der Waals surface area contributed by atoms with Gasteiger partial charge in [0, 0.05) is 44.0 Å². The Morgan fingerprint density at radius 1 is 1.08 bits per heavy atom. The number of rotatable bonds is 9. The number of ether oxygens (including phenoxy) is 1. The third-order valence-corrected chi connectivity index (χ3v) is 6.49. The molecule has 36 heavy (non-hydrogen) atoms. The lowest BCUT2D eigenvalue weighted by molar-refractivity contribution is 0.0724. The first-order valence-corrected chi connectivity index (χ1v) is 12.0. The fourth-order valence-electron chi connectivity index (χ4n) is 4.40. The zero-order valence-corrected chi connectivity index (χ0v) is 21.2. The van der Waals surface area contributed by atoms with Gasteiger partial charge in [-0.15, -0.1) is 0 Å². The van der Waals surface area contributed by atoms with E-state index in [0.29, 0.717) is 41.9 Å². The van der Waals surface area contributed by atoms with Crippen LogP contribution in [0.3, 0.4) is 0 Å². The Kier molecular flexibility index (Phi) is 7.68. The number of nitrogens with one attached hydrogen (secondary N) is 1. The summed E-state index contributed by atoms with van der Waals surface area (Å²) in [7, 11) is 5.25. The molecule has 0 spiro atoms. The summed E-state index contributed by atoms with van der Waals surface area (Å²) in [6.45, 7) is 2.35. The van der Waals surface area contributed by atoms with Crippen molar-refractivity contribution in [1.29, 1.82) is 0 Å². The van der Waals surface area contributed by atoms with Gasteiger partial charge < -0.3 is 19.5 Å². The molecule has 186 valence electrons. The first-order chi connectivity index (χ1) is 17.4. The highest BCUT2D eigenvalue weighted by molar-refractivity contribution is 6.06. The molecule has 0 aliphatic carbocycles. The van der Waals surface area contributed by atoms with E-state index in [1.54, 1.807) is 28.7 Å². The van der Waals surface area contributed by atoms with E-state index in [2.05, 4.69) is 22.4 Å². The van der Waals surface area contributed by atoms with Gasteiger partial charge in [0.1, 0.15) is 11.4 Å². The zero-order valence-electron chi connectivity index (χ0n) is 21.2. The number of aromatic nitrogens is 2. The van der Waals surface area contributed by atoms with Crippen molar-refractivity contribution in [3.8, 4) is 5.75 Å². The lowest BCUT2D eigenvalue weighted by atomic mass is 10.00. The van der Waals surface area contributed by atoms with Gasteiger partial charge in [0.2, 0.25) is 0 Å². The predicted octanol–water partition coefficient (Wildman–Crippen LogP) is 4.39. The van der Waals surface area contributed by atoms with Crippen LogP contribution in [0, 0.1) is 6.92 Å². The number of amides is 2. The molecule has 0 saturated carbocycles. The molecule has 2 amide bonds. The van der Waals surface area contributed by atoms with Crippen molar-refractivity contribution in [3.63, 3.8) is 0 Å². The van der Waals surface area contributed by atoms with Crippen LogP contribution in [0.15, 0.2) is 72.9 Å². The number of pyridine rings is 1. The molecule has 0 aliphatic rings. The van der Waals surface area contributed by atoms with Crippen molar-refractivity contribution in [2.75, 3.05) is 20.7 Å². The Hall–Kier alpha value is -4.13. The summed E-state index contributed by atoms with van der Waals surface area (Å²) in [5.74, 6) is 0.347. The molecular formula is C29H32N4O3. The minimum absolute atomic E-state index is 0.131. The standard InChI is InChI=1S/C29H32N4O3/c1-20-12-13-22-18-24(36-4)19-25(27(22)31-20)29(35)33(3)23(17-21-9-6-5-7-10-21)14-15-30-28(34)26-11-8-16-32(26)2/h5-13,16,18-19,23H,14-15,17H2,1-4H3,(H,30,34)/t23-/m1/s1. The van der Waals surface area contributed by atoms with Crippen molar-refractivity contribution in [2.45, 2.75) is 25.8 Å². The molecule has 1 atom stereocenters. The highest BCUT2D eigenvalue weighted by Crippen LogP contribution is 2.26. The molecule has 1 N–H and O–H groups in total. The predicted molar refractivity (Wildman–Crippen MR) is 141 cm³/mol. The fraction of sp³-hybridized carbons (Fsp3) is 0.276. The van der Waals surface area contributed by atoms with E-state index in [0.717, 1.165) is 16.6 Å². The second-order valence-corrected chi connectivity index (χ2v) is 9.01. The minimum atomic E-state index is -0.139. The van der Waals surface area contributed by atoms with E-state index < -0.39 is 0 Å². The van der Waals surface area contributed by atoms with E-state index >= 15 is 0 Å². The monoisotopic (exact) mass is 484 g/mol. The molecule has 4 rings (SSSR count). The van der Waals surface area contributed by atoms with Gasteiger partial charge >= 0.3 is 0 Å². The highest BCUT2D eigenvalue weighted by Gasteiger charge is 2.24. The number of hydrogen-bond acceptors (Lipinski definition) is 4. The smallest absolute Gasteiger partial charge is 0.267 e. The molecule has 0 saturated heterocycles. The van der Waals surface area contributed by atoms with E-state index in [-0.39, 0.29) is 17.9 Å². The van der Waals surface area contributed by atoms with Crippen molar-refractivity contribution in [1.82, 2.24) is 19.8 Å². The lowest BCUT2D eigenvalue weighted by Gasteiger charge is -2.29. The Morgan fingerprint density at radius 3 is 2.56 bits per heavy atom. The van der Waals surface area contributed by atoms with E-state index in [4.69, 9.17) is 4.74 Å². The summed E-state index contributed by atoms with van der Waals surface area (Å²) in [6.07, 6.45) is 3.10. The summed E-state index contributed by atoms with van der Waals surface area (Å²) < 4.78 is 7.25. The van der Waals surface area contributed by atoms with E-state index in [1.165, 1.54) is 0 Å². The number of fused-ring (bicyclic) bond motifs is 1. The van der Waals surface area contributed by atoms with Crippen LogP contribution in [-0.2, 0) is 13.5 Å². The van der Waals surface area contributed by atoms with Crippen molar-refractivity contribution < 1.29 is 14.3 Å². The third-order valence-electron chi connectivity index (χ3n) is 6.49. The van der Waals surface area contributed by atoms with Gasteiger partial charge in [-0.1, -0.05) is 36.4 Å². The zero-order chi connectivity index (χ0) is 25.7.